The fourth-order valence-electron chi connectivity index (χ4n) is 2.25. The van der Waals surface area contributed by atoms with E-state index in [1.165, 1.54) is 17.4 Å². The second-order valence-corrected chi connectivity index (χ2v) is 6.25. The van der Waals surface area contributed by atoms with Gasteiger partial charge in [-0.3, -0.25) is 0 Å². The Kier molecular flexibility index (Phi) is 3.72. The Morgan fingerprint density at radius 2 is 2.15 bits per heavy atom. The Balaban J connectivity index is 1.80. The van der Waals surface area contributed by atoms with Crippen molar-refractivity contribution < 1.29 is 9.50 Å². The van der Waals surface area contributed by atoms with Crippen LogP contribution in [0.5, 0.6) is 0 Å². The first-order valence-electron chi connectivity index (χ1n) is 6.74. The molecule has 0 atom stereocenters. The first kappa shape index (κ1) is 13.5. The summed E-state index contributed by atoms with van der Waals surface area (Å²) in [6.45, 7) is 0.520. The second kappa shape index (κ2) is 5.50. The van der Waals surface area contributed by atoms with Gasteiger partial charge in [-0.2, -0.15) is 0 Å². The van der Waals surface area contributed by atoms with Crippen molar-refractivity contribution in [3.63, 3.8) is 0 Å². The van der Waals surface area contributed by atoms with Crippen LogP contribution < -0.4 is 4.90 Å². The maximum atomic E-state index is 13.7. The number of nitrogens with zero attached hydrogens (tertiary/aromatic N) is 2. The molecule has 20 heavy (non-hydrogen) atoms. The molecular formula is C15H17FN2OS. The van der Waals surface area contributed by atoms with E-state index in [1.54, 1.807) is 12.1 Å². The number of aliphatic hydroxyl groups excluding tert-OH is 1. The third-order valence-electron chi connectivity index (χ3n) is 3.52. The number of anilines is 1. The van der Waals surface area contributed by atoms with E-state index < -0.39 is 0 Å². The second-order valence-electron chi connectivity index (χ2n) is 5.18. The van der Waals surface area contributed by atoms with Gasteiger partial charge in [0.25, 0.3) is 0 Å². The molecule has 3 rings (SSSR count). The summed E-state index contributed by atoms with van der Waals surface area (Å²) in [7, 11) is 1.91. The lowest BCUT2D eigenvalue weighted by Crippen LogP contribution is -2.17. The van der Waals surface area contributed by atoms with Crippen LogP contribution in [0.1, 0.15) is 34.9 Å². The predicted molar refractivity (Wildman–Crippen MR) is 78.5 cm³/mol. The van der Waals surface area contributed by atoms with Crippen molar-refractivity contribution in [1.29, 1.82) is 0 Å². The number of aromatic nitrogens is 1. The number of aliphatic hydroxyl groups is 1. The Labute approximate surface area is 121 Å². The van der Waals surface area contributed by atoms with Crippen molar-refractivity contribution in [2.45, 2.75) is 31.9 Å². The average molecular weight is 292 g/mol. The maximum Gasteiger partial charge on any atom is 0.185 e. The van der Waals surface area contributed by atoms with E-state index in [9.17, 15) is 9.50 Å². The van der Waals surface area contributed by atoms with E-state index in [4.69, 9.17) is 0 Å². The standard InChI is InChI=1S/C15H17FN2OS/c1-18(8-11-4-2-3-5-12(11)16)15-17-14(10-6-7-10)13(9-19)20-15/h2-5,10,19H,6-9H2,1H3. The van der Waals surface area contributed by atoms with Gasteiger partial charge in [-0.25, -0.2) is 9.37 Å². The van der Waals surface area contributed by atoms with Crippen molar-refractivity contribution in [3.8, 4) is 0 Å². The predicted octanol–water partition coefficient (Wildman–Crippen LogP) is 3.29. The number of thiazole rings is 1. The van der Waals surface area contributed by atoms with Crippen molar-refractivity contribution >= 4 is 16.5 Å². The van der Waals surface area contributed by atoms with Gasteiger partial charge in [-0.15, -0.1) is 0 Å². The van der Waals surface area contributed by atoms with Crippen LogP contribution in [-0.4, -0.2) is 17.1 Å². The van der Waals surface area contributed by atoms with Gasteiger partial charge >= 0.3 is 0 Å². The highest BCUT2D eigenvalue weighted by Gasteiger charge is 2.30. The molecule has 0 aliphatic heterocycles. The molecule has 5 heteroatoms. The molecule has 1 aromatic heterocycles. The highest BCUT2D eigenvalue weighted by Crippen LogP contribution is 2.44. The van der Waals surface area contributed by atoms with Crippen LogP contribution >= 0.6 is 11.3 Å². The van der Waals surface area contributed by atoms with Gasteiger partial charge in [-0.1, -0.05) is 29.5 Å². The zero-order valence-electron chi connectivity index (χ0n) is 11.3. The SMILES string of the molecule is CN(Cc1ccccc1F)c1nc(C2CC2)c(CO)s1. The van der Waals surface area contributed by atoms with Crippen molar-refractivity contribution in [1.82, 2.24) is 4.98 Å². The summed E-state index contributed by atoms with van der Waals surface area (Å²) in [4.78, 5) is 7.52. The van der Waals surface area contributed by atoms with Crippen LogP contribution in [0.2, 0.25) is 0 Å². The number of hydrogen-bond donors (Lipinski definition) is 1. The van der Waals surface area contributed by atoms with Crippen LogP contribution in [-0.2, 0) is 13.2 Å². The number of benzene rings is 1. The van der Waals surface area contributed by atoms with Gasteiger partial charge in [0, 0.05) is 25.1 Å². The Morgan fingerprint density at radius 3 is 2.80 bits per heavy atom. The fraction of sp³-hybridized carbons (Fsp3) is 0.400. The zero-order valence-corrected chi connectivity index (χ0v) is 12.2. The lowest BCUT2D eigenvalue weighted by molar-refractivity contribution is 0.284. The van der Waals surface area contributed by atoms with Gasteiger partial charge in [0.1, 0.15) is 5.82 Å². The van der Waals surface area contributed by atoms with E-state index >= 15 is 0 Å². The van der Waals surface area contributed by atoms with Gasteiger partial charge in [0.15, 0.2) is 5.13 Å². The minimum Gasteiger partial charge on any atom is -0.391 e. The van der Waals surface area contributed by atoms with Gasteiger partial charge in [0.2, 0.25) is 0 Å². The molecule has 1 saturated carbocycles. The number of halogens is 1. The molecule has 1 fully saturated rings. The third-order valence-corrected chi connectivity index (χ3v) is 4.69. The van der Waals surface area contributed by atoms with E-state index in [0.717, 1.165) is 28.5 Å². The molecule has 1 aliphatic carbocycles. The molecule has 0 bridgehead atoms. The number of rotatable bonds is 5. The first-order valence-corrected chi connectivity index (χ1v) is 7.55. The molecular weight excluding hydrogens is 275 g/mol. The summed E-state index contributed by atoms with van der Waals surface area (Å²) < 4.78 is 13.7. The molecule has 0 saturated heterocycles. The van der Waals surface area contributed by atoms with E-state index in [-0.39, 0.29) is 12.4 Å². The van der Waals surface area contributed by atoms with E-state index in [0.29, 0.717) is 18.0 Å². The molecule has 0 amide bonds. The Hall–Kier alpha value is -1.46. The molecule has 0 spiro atoms. The highest BCUT2D eigenvalue weighted by atomic mass is 32.1. The van der Waals surface area contributed by atoms with Crippen LogP contribution in [0, 0.1) is 5.82 Å². The zero-order chi connectivity index (χ0) is 14.1. The summed E-state index contributed by atoms with van der Waals surface area (Å²) in [6, 6.07) is 6.79. The quantitative estimate of drug-likeness (QED) is 0.918. The molecule has 3 nitrogen and oxygen atoms in total. The summed E-state index contributed by atoms with van der Waals surface area (Å²) in [5.74, 6) is 0.324. The highest BCUT2D eigenvalue weighted by molar-refractivity contribution is 7.15. The molecule has 1 aromatic carbocycles. The van der Waals surface area contributed by atoms with Gasteiger partial charge < -0.3 is 10.0 Å². The summed E-state index contributed by atoms with van der Waals surface area (Å²) in [6.07, 6.45) is 2.32. The third kappa shape index (κ3) is 2.69. The van der Waals surface area contributed by atoms with E-state index in [2.05, 4.69) is 4.98 Å². The van der Waals surface area contributed by atoms with Crippen LogP contribution in [0.15, 0.2) is 24.3 Å². The monoisotopic (exact) mass is 292 g/mol. The van der Waals surface area contributed by atoms with Gasteiger partial charge in [-0.05, 0) is 18.9 Å². The van der Waals surface area contributed by atoms with Crippen LogP contribution in [0.4, 0.5) is 9.52 Å². The first-order chi connectivity index (χ1) is 9.69. The average Bonchev–Trinajstić information content (AvgIpc) is 3.20. The molecule has 2 aromatic rings. The summed E-state index contributed by atoms with van der Waals surface area (Å²) >= 11 is 1.50. The normalized spacial score (nSPS) is 14.6. The largest absolute Gasteiger partial charge is 0.391 e. The lowest BCUT2D eigenvalue weighted by atomic mass is 10.2. The minimum absolute atomic E-state index is 0.0387. The Bertz CT molecular complexity index is 610. The maximum absolute atomic E-state index is 13.7. The van der Waals surface area contributed by atoms with Crippen LogP contribution in [0.3, 0.4) is 0 Å². The smallest absolute Gasteiger partial charge is 0.185 e. The molecule has 0 radical (unpaired) electrons. The molecule has 0 unspecified atom stereocenters. The topological polar surface area (TPSA) is 36.4 Å². The minimum atomic E-state index is -0.194. The lowest BCUT2D eigenvalue weighted by Gasteiger charge is -2.16. The molecule has 1 aliphatic rings. The molecule has 1 N–H and O–H groups in total. The molecule has 106 valence electrons. The molecule has 1 heterocycles. The number of hydrogen-bond acceptors (Lipinski definition) is 4. The fourth-order valence-corrected chi connectivity index (χ4v) is 3.22. The van der Waals surface area contributed by atoms with Crippen molar-refractivity contribution in [3.05, 3.63) is 46.2 Å². The Morgan fingerprint density at radius 1 is 1.40 bits per heavy atom. The van der Waals surface area contributed by atoms with Crippen molar-refractivity contribution in [2.24, 2.45) is 0 Å². The van der Waals surface area contributed by atoms with Crippen LogP contribution in [0.25, 0.3) is 0 Å². The summed E-state index contributed by atoms with van der Waals surface area (Å²) in [5, 5.41) is 10.3. The van der Waals surface area contributed by atoms with Crippen molar-refractivity contribution in [2.75, 3.05) is 11.9 Å². The van der Waals surface area contributed by atoms with E-state index in [1.807, 2.05) is 18.0 Å². The summed E-state index contributed by atoms with van der Waals surface area (Å²) in [5.41, 5.74) is 1.69. The van der Waals surface area contributed by atoms with Gasteiger partial charge in [0.05, 0.1) is 17.2 Å².